The zero-order valence-electron chi connectivity index (χ0n) is 15.9. The van der Waals surface area contributed by atoms with E-state index in [1.54, 1.807) is 12.1 Å². The second kappa shape index (κ2) is 8.23. The Hall–Kier alpha value is -2.53. The summed E-state index contributed by atoms with van der Waals surface area (Å²) in [6, 6.07) is 13.6. The van der Waals surface area contributed by atoms with E-state index in [1.165, 1.54) is 12.1 Å². The second-order valence-electron chi connectivity index (χ2n) is 7.81. The summed E-state index contributed by atoms with van der Waals surface area (Å²) in [6.45, 7) is 3.67. The summed E-state index contributed by atoms with van der Waals surface area (Å²) >= 11 is 0. The van der Waals surface area contributed by atoms with Gasteiger partial charge in [0.15, 0.2) is 5.78 Å². The van der Waals surface area contributed by atoms with Gasteiger partial charge in [0.2, 0.25) is 0 Å². The number of benzene rings is 2. The SMILES string of the molecule is O=C(CN1CCC(CN2CCc3ccccc3C2=O)CC1)c1ccc(F)cc1. The van der Waals surface area contributed by atoms with Gasteiger partial charge >= 0.3 is 0 Å². The third kappa shape index (κ3) is 4.14. The molecule has 28 heavy (non-hydrogen) atoms. The van der Waals surface area contributed by atoms with Gasteiger partial charge in [-0.25, -0.2) is 4.39 Å². The van der Waals surface area contributed by atoms with Crippen molar-refractivity contribution in [2.75, 3.05) is 32.7 Å². The molecule has 0 spiro atoms. The van der Waals surface area contributed by atoms with Crippen LogP contribution in [0.4, 0.5) is 4.39 Å². The number of hydrogen-bond donors (Lipinski definition) is 0. The van der Waals surface area contributed by atoms with Gasteiger partial charge in [-0.2, -0.15) is 0 Å². The number of ketones is 1. The minimum Gasteiger partial charge on any atom is -0.338 e. The molecule has 4 rings (SSSR count). The molecule has 2 heterocycles. The molecule has 0 saturated carbocycles. The van der Waals surface area contributed by atoms with Crippen molar-refractivity contribution < 1.29 is 14.0 Å². The molecule has 1 fully saturated rings. The maximum Gasteiger partial charge on any atom is 0.254 e. The van der Waals surface area contributed by atoms with E-state index >= 15 is 0 Å². The molecule has 146 valence electrons. The third-order valence-electron chi connectivity index (χ3n) is 5.91. The summed E-state index contributed by atoms with van der Waals surface area (Å²) in [7, 11) is 0. The van der Waals surface area contributed by atoms with Crippen LogP contribution < -0.4 is 0 Å². The molecule has 1 saturated heterocycles. The van der Waals surface area contributed by atoms with Crippen LogP contribution in [-0.2, 0) is 6.42 Å². The highest BCUT2D eigenvalue weighted by Crippen LogP contribution is 2.23. The zero-order chi connectivity index (χ0) is 19.5. The van der Waals surface area contributed by atoms with Crippen molar-refractivity contribution in [3.8, 4) is 0 Å². The molecule has 0 aromatic heterocycles. The lowest BCUT2D eigenvalue weighted by molar-refractivity contribution is 0.0669. The van der Waals surface area contributed by atoms with E-state index in [-0.39, 0.29) is 17.5 Å². The number of piperidine rings is 1. The number of carbonyl (C=O) groups excluding carboxylic acids is 2. The van der Waals surface area contributed by atoms with Crippen molar-refractivity contribution in [2.45, 2.75) is 19.3 Å². The molecule has 2 aromatic rings. The first-order chi connectivity index (χ1) is 13.6. The molecule has 0 unspecified atom stereocenters. The highest BCUT2D eigenvalue weighted by atomic mass is 19.1. The number of rotatable bonds is 5. The van der Waals surface area contributed by atoms with Crippen LogP contribution in [0.1, 0.15) is 39.1 Å². The first kappa shape index (κ1) is 18.8. The molecule has 0 N–H and O–H groups in total. The van der Waals surface area contributed by atoms with Gasteiger partial charge in [-0.3, -0.25) is 14.5 Å². The van der Waals surface area contributed by atoms with Gasteiger partial charge in [-0.15, -0.1) is 0 Å². The van der Waals surface area contributed by atoms with Gasteiger partial charge in [0.1, 0.15) is 5.82 Å². The molecule has 5 heteroatoms. The number of Topliss-reactive ketones (excluding diaryl/α,β-unsaturated/α-hetero) is 1. The van der Waals surface area contributed by atoms with Crippen molar-refractivity contribution in [2.24, 2.45) is 5.92 Å². The van der Waals surface area contributed by atoms with Gasteiger partial charge in [0, 0.05) is 24.2 Å². The predicted octanol–water partition coefficient (Wildman–Crippen LogP) is 3.42. The largest absolute Gasteiger partial charge is 0.338 e. The van der Waals surface area contributed by atoms with Crippen LogP contribution in [0.3, 0.4) is 0 Å². The van der Waals surface area contributed by atoms with Crippen LogP contribution in [0.25, 0.3) is 0 Å². The van der Waals surface area contributed by atoms with E-state index in [9.17, 15) is 14.0 Å². The van der Waals surface area contributed by atoms with Crippen LogP contribution in [-0.4, -0.2) is 54.2 Å². The number of hydrogen-bond acceptors (Lipinski definition) is 3. The fraction of sp³-hybridized carbons (Fsp3) is 0.391. The quantitative estimate of drug-likeness (QED) is 0.747. The van der Waals surface area contributed by atoms with Crippen molar-refractivity contribution in [3.05, 3.63) is 71.0 Å². The highest BCUT2D eigenvalue weighted by molar-refractivity contribution is 5.97. The molecule has 0 atom stereocenters. The topological polar surface area (TPSA) is 40.6 Å². The number of halogens is 1. The van der Waals surface area contributed by atoms with Crippen molar-refractivity contribution in [1.29, 1.82) is 0 Å². The average Bonchev–Trinajstić information content (AvgIpc) is 2.72. The first-order valence-electron chi connectivity index (χ1n) is 9.98. The van der Waals surface area contributed by atoms with Gasteiger partial charge in [-0.05, 0) is 74.2 Å². The maximum atomic E-state index is 13.0. The lowest BCUT2D eigenvalue weighted by atomic mass is 9.93. The highest BCUT2D eigenvalue weighted by Gasteiger charge is 2.28. The minimum atomic E-state index is -0.327. The van der Waals surface area contributed by atoms with Gasteiger partial charge in [0.05, 0.1) is 6.54 Å². The molecule has 2 aromatic carbocycles. The Morgan fingerprint density at radius 1 is 1.00 bits per heavy atom. The maximum absolute atomic E-state index is 13.0. The Kier molecular flexibility index (Phi) is 5.53. The van der Waals surface area contributed by atoms with Gasteiger partial charge in [0.25, 0.3) is 5.91 Å². The van der Waals surface area contributed by atoms with Crippen LogP contribution in [0.15, 0.2) is 48.5 Å². The summed E-state index contributed by atoms with van der Waals surface area (Å²) in [6.07, 6.45) is 2.90. The van der Waals surface area contributed by atoms with E-state index in [1.807, 2.05) is 29.2 Å². The first-order valence-corrected chi connectivity index (χ1v) is 9.98. The van der Waals surface area contributed by atoms with Crippen molar-refractivity contribution >= 4 is 11.7 Å². The van der Waals surface area contributed by atoms with Crippen LogP contribution in [0.2, 0.25) is 0 Å². The molecule has 0 bridgehead atoms. The minimum absolute atomic E-state index is 0.0289. The molecule has 0 aliphatic carbocycles. The lowest BCUT2D eigenvalue weighted by Gasteiger charge is -2.36. The Labute approximate surface area is 164 Å². The molecule has 2 aliphatic heterocycles. The fourth-order valence-corrected chi connectivity index (χ4v) is 4.22. The van der Waals surface area contributed by atoms with Crippen LogP contribution >= 0.6 is 0 Å². The second-order valence-corrected chi connectivity index (χ2v) is 7.81. The van der Waals surface area contributed by atoms with Crippen LogP contribution in [0, 0.1) is 11.7 Å². The van der Waals surface area contributed by atoms with Gasteiger partial charge < -0.3 is 4.90 Å². The van der Waals surface area contributed by atoms with E-state index in [0.717, 1.165) is 56.6 Å². The lowest BCUT2D eigenvalue weighted by Crippen LogP contribution is -2.44. The van der Waals surface area contributed by atoms with Crippen molar-refractivity contribution in [1.82, 2.24) is 9.80 Å². The van der Waals surface area contributed by atoms with E-state index in [4.69, 9.17) is 0 Å². The molecular formula is C23H25FN2O2. The summed E-state index contributed by atoms with van der Waals surface area (Å²) < 4.78 is 13.0. The van der Waals surface area contributed by atoms with Gasteiger partial charge in [-0.1, -0.05) is 18.2 Å². The molecule has 4 nitrogen and oxygen atoms in total. The predicted molar refractivity (Wildman–Crippen MR) is 106 cm³/mol. The third-order valence-corrected chi connectivity index (χ3v) is 5.91. The number of likely N-dealkylation sites (tertiary alicyclic amines) is 1. The number of fused-ring (bicyclic) bond motifs is 1. The monoisotopic (exact) mass is 380 g/mol. The zero-order valence-corrected chi connectivity index (χ0v) is 15.9. The number of nitrogens with zero attached hydrogens (tertiary/aromatic N) is 2. The average molecular weight is 380 g/mol. The fourth-order valence-electron chi connectivity index (χ4n) is 4.22. The molecule has 2 aliphatic rings. The summed E-state index contributed by atoms with van der Waals surface area (Å²) in [4.78, 5) is 29.2. The Bertz CT molecular complexity index is 857. The Morgan fingerprint density at radius 3 is 2.46 bits per heavy atom. The smallest absolute Gasteiger partial charge is 0.254 e. The number of amides is 1. The summed E-state index contributed by atoms with van der Waals surface area (Å²) in [5.74, 6) is 0.329. The Balaban J connectivity index is 1.27. The summed E-state index contributed by atoms with van der Waals surface area (Å²) in [5, 5.41) is 0. The molecule has 0 radical (unpaired) electrons. The summed E-state index contributed by atoms with van der Waals surface area (Å²) in [5.41, 5.74) is 2.55. The molecule has 1 amide bonds. The van der Waals surface area contributed by atoms with E-state index in [2.05, 4.69) is 4.90 Å². The molecular weight excluding hydrogens is 355 g/mol. The van der Waals surface area contributed by atoms with E-state index in [0.29, 0.717) is 18.0 Å². The number of carbonyl (C=O) groups is 2. The Morgan fingerprint density at radius 2 is 1.71 bits per heavy atom. The normalized spacial score (nSPS) is 18.2. The van der Waals surface area contributed by atoms with Crippen molar-refractivity contribution in [3.63, 3.8) is 0 Å². The van der Waals surface area contributed by atoms with Crippen LogP contribution in [0.5, 0.6) is 0 Å². The van der Waals surface area contributed by atoms with E-state index < -0.39 is 0 Å². The standard InChI is InChI=1S/C23H25FN2O2/c24-20-7-5-19(6-8-20)22(27)16-25-12-9-17(10-13-25)15-26-14-11-18-3-1-2-4-21(18)23(26)28/h1-8,17H,9-16H2.